The quantitative estimate of drug-likeness (QED) is 0.793. The van der Waals surface area contributed by atoms with E-state index >= 15 is 0 Å². The predicted molar refractivity (Wildman–Crippen MR) is 84.1 cm³/mol. The zero-order valence-corrected chi connectivity index (χ0v) is 13.3. The first-order valence-corrected chi connectivity index (χ1v) is 7.60. The molecule has 8 nitrogen and oxygen atoms in total. The van der Waals surface area contributed by atoms with E-state index in [9.17, 15) is 14.7 Å². The summed E-state index contributed by atoms with van der Waals surface area (Å²) in [5.41, 5.74) is -1.04. The fourth-order valence-electron chi connectivity index (χ4n) is 3.28. The normalized spacial score (nSPS) is 25.6. The maximum absolute atomic E-state index is 12.0. The van der Waals surface area contributed by atoms with E-state index in [1.165, 1.54) is 16.8 Å². The van der Waals surface area contributed by atoms with E-state index in [1.807, 2.05) is 19.3 Å². The number of hydrogen-bond acceptors (Lipinski definition) is 5. The second-order valence-electron chi connectivity index (χ2n) is 6.37. The summed E-state index contributed by atoms with van der Waals surface area (Å²) in [4.78, 5) is 27.5. The molecule has 0 amide bonds. The van der Waals surface area contributed by atoms with Gasteiger partial charge in [-0.2, -0.15) is 5.10 Å². The van der Waals surface area contributed by atoms with Crippen LogP contribution in [0.1, 0.15) is 25.1 Å². The van der Waals surface area contributed by atoms with Gasteiger partial charge in [0.05, 0.1) is 17.3 Å². The maximum atomic E-state index is 12.0. The van der Waals surface area contributed by atoms with E-state index in [-0.39, 0.29) is 6.04 Å². The number of aliphatic hydroxyl groups is 1. The Kier molecular flexibility index (Phi) is 3.95. The molecule has 3 rings (SSSR count). The summed E-state index contributed by atoms with van der Waals surface area (Å²) in [5.74, 6) is 0. The van der Waals surface area contributed by atoms with Crippen LogP contribution in [-0.4, -0.2) is 48.0 Å². The summed E-state index contributed by atoms with van der Waals surface area (Å²) in [5, 5.41) is 15.2. The van der Waals surface area contributed by atoms with E-state index in [1.54, 1.807) is 11.6 Å². The van der Waals surface area contributed by atoms with Crippen molar-refractivity contribution in [2.75, 3.05) is 13.1 Å². The Morgan fingerprint density at radius 3 is 2.78 bits per heavy atom. The lowest BCUT2D eigenvalue weighted by Crippen LogP contribution is -2.54. The van der Waals surface area contributed by atoms with Gasteiger partial charge in [0, 0.05) is 45.1 Å². The molecule has 1 aliphatic rings. The molecular formula is C15H21N5O3. The molecule has 1 saturated heterocycles. The topological polar surface area (TPSA) is 96.2 Å². The summed E-state index contributed by atoms with van der Waals surface area (Å²) in [7, 11) is 1.87. The number of H-pyrrole nitrogens is 1. The Morgan fingerprint density at radius 2 is 2.17 bits per heavy atom. The number of rotatable bonds is 3. The summed E-state index contributed by atoms with van der Waals surface area (Å²) in [6.07, 6.45) is 3.96. The molecular weight excluding hydrogens is 298 g/mol. The fourth-order valence-corrected chi connectivity index (χ4v) is 3.28. The summed E-state index contributed by atoms with van der Waals surface area (Å²) >= 11 is 0. The van der Waals surface area contributed by atoms with Gasteiger partial charge in [0.1, 0.15) is 0 Å². The van der Waals surface area contributed by atoms with Gasteiger partial charge < -0.3 is 5.11 Å². The molecule has 0 saturated carbocycles. The number of nitrogens with one attached hydrogen (secondary N) is 1. The van der Waals surface area contributed by atoms with Crippen molar-refractivity contribution in [1.29, 1.82) is 0 Å². The van der Waals surface area contributed by atoms with Crippen molar-refractivity contribution >= 4 is 0 Å². The SMILES string of the molecule is Cn1ccc(CN2CC[C@@H](n3ccc(=O)[nH]c3=O)[C@](C)(O)C2)n1. The van der Waals surface area contributed by atoms with Crippen LogP contribution in [0.4, 0.5) is 0 Å². The van der Waals surface area contributed by atoms with Gasteiger partial charge in [0.15, 0.2) is 0 Å². The standard InChI is InChI=1S/C15H21N5O3/c1-15(23)10-19(9-11-3-6-18(2)17-11)7-4-12(15)20-8-5-13(21)16-14(20)22/h3,5-6,8,12,23H,4,7,9-10H2,1-2H3,(H,16,21,22)/t12-,15-/m1/s1. The lowest BCUT2D eigenvalue weighted by atomic mass is 9.88. The highest BCUT2D eigenvalue weighted by Crippen LogP contribution is 2.31. The van der Waals surface area contributed by atoms with Crippen molar-refractivity contribution in [1.82, 2.24) is 24.2 Å². The third-order valence-corrected chi connectivity index (χ3v) is 4.32. The van der Waals surface area contributed by atoms with Crippen molar-refractivity contribution in [2.45, 2.75) is 31.5 Å². The molecule has 0 bridgehead atoms. The largest absolute Gasteiger partial charge is 0.387 e. The van der Waals surface area contributed by atoms with Crippen LogP contribution >= 0.6 is 0 Å². The van der Waals surface area contributed by atoms with Crippen LogP contribution in [0.3, 0.4) is 0 Å². The minimum Gasteiger partial charge on any atom is -0.387 e. The molecule has 2 aromatic rings. The summed E-state index contributed by atoms with van der Waals surface area (Å²) in [6.45, 7) is 3.55. The molecule has 2 atom stereocenters. The van der Waals surface area contributed by atoms with E-state index in [0.717, 1.165) is 12.2 Å². The number of aromatic nitrogens is 4. The van der Waals surface area contributed by atoms with Crippen LogP contribution in [0.25, 0.3) is 0 Å². The number of β-amino-alcohol motifs (C(OH)–C–C–N with tert-alkyl or cyclic N) is 1. The molecule has 8 heteroatoms. The number of aryl methyl sites for hydroxylation is 1. The van der Waals surface area contributed by atoms with Crippen LogP contribution in [0, 0.1) is 0 Å². The first-order chi connectivity index (χ1) is 10.8. The van der Waals surface area contributed by atoms with E-state index in [0.29, 0.717) is 19.5 Å². The molecule has 1 aliphatic heterocycles. The zero-order valence-electron chi connectivity index (χ0n) is 13.3. The third-order valence-electron chi connectivity index (χ3n) is 4.32. The van der Waals surface area contributed by atoms with Gasteiger partial charge in [0.2, 0.25) is 0 Å². The number of nitrogens with zero attached hydrogens (tertiary/aromatic N) is 4. The summed E-state index contributed by atoms with van der Waals surface area (Å²) in [6, 6.07) is 2.89. The lowest BCUT2D eigenvalue weighted by Gasteiger charge is -2.43. The molecule has 3 heterocycles. The number of likely N-dealkylation sites (tertiary alicyclic amines) is 1. The molecule has 23 heavy (non-hydrogen) atoms. The van der Waals surface area contributed by atoms with Crippen molar-refractivity contribution in [3.05, 3.63) is 51.1 Å². The Labute approximate surface area is 133 Å². The van der Waals surface area contributed by atoms with Gasteiger partial charge in [-0.25, -0.2) is 4.79 Å². The Morgan fingerprint density at radius 1 is 1.39 bits per heavy atom. The van der Waals surface area contributed by atoms with Crippen molar-refractivity contribution in [3.63, 3.8) is 0 Å². The lowest BCUT2D eigenvalue weighted by molar-refractivity contribution is -0.0606. The van der Waals surface area contributed by atoms with Crippen LogP contribution in [0.15, 0.2) is 34.1 Å². The number of hydrogen-bond donors (Lipinski definition) is 2. The summed E-state index contributed by atoms with van der Waals surface area (Å²) < 4.78 is 3.17. The predicted octanol–water partition coefficient (Wildman–Crippen LogP) is -0.532. The molecule has 0 radical (unpaired) electrons. The minimum atomic E-state index is -1.07. The molecule has 0 unspecified atom stereocenters. The molecule has 0 spiro atoms. The third kappa shape index (κ3) is 3.27. The van der Waals surface area contributed by atoms with E-state index in [4.69, 9.17) is 0 Å². The first-order valence-electron chi connectivity index (χ1n) is 7.60. The Balaban J connectivity index is 1.77. The van der Waals surface area contributed by atoms with Crippen LogP contribution < -0.4 is 11.2 Å². The molecule has 2 aromatic heterocycles. The van der Waals surface area contributed by atoms with Gasteiger partial charge >= 0.3 is 5.69 Å². The van der Waals surface area contributed by atoms with Crippen LogP contribution in [-0.2, 0) is 13.6 Å². The van der Waals surface area contributed by atoms with Crippen LogP contribution in [0.2, 0.25) is 0 Å². The highest BCUT2D eigenvalue weighted by atomic mass is 16.3. The van der Waals surface area contributed by atoms with Crippen molar-refractivity contribution in [2.24, 2.45) is 7.05 Å². The molecule has 0 aromatic carbocycles. The van der Waals surface area contributed by atoms with Crippen molar-refractivity contribution in [3.8, 4) is 0 Å². The van der Waals surface area contributed by atoms with E-state index in [2.05, 4.69) is 15.0 Å². The van der Waals surface area contributed by atoms with Crippen molar-refractivity contribution < 1.29 is 5.11 Å². The second-order valence-corrected chi connectivity index (χ2v) is 6.37. The van der Waals surface area contributed by atoms with E-state index < -0.39 is 16.9 Å². The van der Waals surface area contributed by atoms with Gasteiger partial charge in [-0.15, -0.1) is 0 Å². The monoisotopic (exact) mass is 319 g/mol. The molecule has 1 fully saturated rings. The number of aromatic amines is 1. The van der Waals surface area contributed by atoms with Gasteiger partial charge in [0.25, 0.3) is 5.56 Å². The fraction of sp³-hybridized carbons (Fsp3) is 0.533. The highest BCUT2D eigenvalue weighted by Gasteiger charge is 2.39. The minimum absolute atomic E-state index is 0.369. The average Bonchev–Trinajstić information content (AvgIpc) is 2.84. The Bertz CT molecular complexity index is 804. The second kappa shape index (κ2) is 5.78. The van der Waals surface area contributed by atoms with Gasteiger partial charge in [-0.1, -0.05) is 0 Å². The molecule has 2 N–H and O–H groups in total. The first kappa shape index (κ1) is 15.7. The Hall–Kier alpha value is -2.19. The number of piperidine rings is 1. The molecule has 124 valence electrons. The zero-order chi connectivity index (χ0) is 16.6. The van der Waals surface area contributed by atoms with Gasteiger partial charge in [-0.3, -0.25) is 23.9 Å². The van der Waals surface area contributed by atoms with Crippen LogP contribution in [0.5, 0.6) is 0 Å². The molecule has 0 aliphatic carbocycles. The maximum Gasteiger partial charge on any atom is 0.328 e. The average molecular weight is 319 g/mol. The highest BCUT2D eigenvalue weighted by molar-refractivity contribution is 5.02. The smallest absolute Gasteiger partial charge is 0.328 e. The van der Waals surface area contributed by atoms with Gasteiger partial charge in [-0.05, 0) is 19.4 Å².